The number of phenols is 1. The minimum atomic E-state index is -0.994. The maximum atomic E-state index is 10.7. The van der Waals surface area contributed by atoms with Gasteiger partial charge in [-0.05, 0) is 30.3 Å². The molecule has 0 aliphatic heterocycles. The molecule has 22 heavy (non-hydrogen) atoms. The van der Waals surface area contributed by atoms with Gasteiger partial charge in [0.15, 0.2) is 11.5 Å². The second-order valence-corrected chi connectivity index (χ2v) is 4.73. The van der Waals surface area contributed by atoms with E-state index in [0.717, 1.165) is 0 Å². The van der Waals surface area contributed by atoms with E-state index in [9.17, 15) is 9.90 Å². The third-order valence-corrected chi connectivity index (χ3v) is 3.04. The Bertz CT molecular complexity index is 714. The summed E-state index contributed by atoms with van der Waals surface area (Å²) in [6.45, 7) is 0. The number of nitrogens with one attached hydrogen (secondary N) is 1. The summed E-state index contributed by atoms with van der Waals surface area (Å²) in [6, 6.07) is 9.11. The molecular weight excluding hydrogens is 308 g/mol. The van der Waals surface area contributed by atoms with E-state index in [4.69, 9.17) is 21.4 Å². The van der Waals surface area contributed by atoms with Crippen LogP contribution in [0.2, 0.25) is 5.02 Å². The van der Waals surface area contributed by atoms with Crippen molar-refractivity contribution in [1.29, 1.82) is 0 Å². The third kappa shape index (κ3) is 3.67. The van der Waals surface area contributed by atoms with Crippen molar-refractivity contribution < 1.29 is 19.7 Å². The number of anilines is 1. The number of methoxy groups -OCH3 is 1. The van der Waals surface area contributed by atoms with Crippen molar-refractivity contribution in [2.45, 2.75) is 0 Å². The predicted octanol–water partition coefficient (Wildman–Crippen LogP) is 3.20. The van der Waals surface area contributed by atoms with Crippen molar-refractivity contribution in [2.24, 2.45) is 5.10 Å². The lowest BCUT2D eigenvalue weighted by atomic mass is 10.2. The first-order valence-electron chi connectivity index (χ1n) is 6.20. The van der Waals surface area contributed by atoms with Crippen LogP contribution in [0.5, 0.6) is 11.5 Å². The normalized spacial score (nSPS) is 10.6. The molecule has 0 spiro atoms. The summed E-state index contributed by atoms with van der Waals surface area (Å²) in [5.74, 6) is -0.815. The second kappa shape index (κ2) is 6.82. The standard InChI is InChI=1S/C15H13ClN2O4/c1-22-13-7-11(16)6-10(14(13)19)8-17-18-12-4-2-9(3-5-12)15(20)21/h2-8,18-19H,1H3,(H,20,21). The van der Waals surface area contributed by atoms with Crippen LogP contribution in [0.1, 0.15) is 15.9 Å². The first kappa shape index (κ1) is 15.7. The number of benzene rings is 2. The molecule has 0 saturated carbocycles. The molecule has 3 N–H and O–H groups in total. The number of aromatic hydroxyl groups is 1. The Morgan fingerprint density at radius 2 is 2.00 bits per heavy atom. The van der Waals surface area contributed by atoms with Crippen molar-refractivity contribution in [3.05, 3.63) is 52.5 Å². The maximum absolute atomic E-state index is 10.7. The smallest absolute Gasteiger partial charge is 0.335 e. The largest absolute Gasteiger partial charge is 0.504 e. The maximum Gasteiger partial charge on any atom is 0.335 e. The number of hydrogen-bond donors (Lipinski definition) is 3. The quantitative estimate of drug-likeness (QED) is 0.581. The summed E-state index contributed by atoms with van der Waals surface area (Å²) in [4.78, 5) is 10.7. The van der Waals surface area contributed by atoms with E-state index in [-0.39, 0.29) is 17.1 Å². The van der Waals surface area contributed by atoms with E-state index in [1.165, 1.54) is 37.6 Å². The van der Waals surface area contributed by atoms with Crippen LogP contribution in [0.3, 0.4) is 0 Å². The number of hydrazone groups is 1. The molecular formula is C15H13ClN2O4. The molecule has 0 aliphatic rings. The minimum Gasteiger partial charge on any atom is -0.504 e. The Morgan fingerprint density at radius 1 is 1.32 bits per heavy atom. The van der Waals surface area contributed by atoms with Gasteiger partial charge in [-0.2, -0.15) is 5.10 Å². The number of hydrogen-bond acceptors (Lipinski definition) is 5. The van der Waals surface area contributed by atoms with Crippen LogP contribution >= 0.6 is 11.6 Å². The van der Waals surface area contributed by atoms with Crippen LogP contribution in [-0.4, -0.2) is 29.5 Å². The zero-order valence-electron chi connectivity index (χ0n) is 11.6. The fraction of sp³-hybridized carbons (Fsp3) is 0.0667. The summed E-state index contributed by atoms with van der Waals surface area (Å²) in [5, 5.41) is 23.1. The Morgan fingerprint density at radius 3 is 2.59 bits per heavy atom. The number of phenolic OH excluding ortho intramolecular Hbond substituents is 1. The highest BCUT2D eigenvalue weighted by Crippen LogP contribution is 2.32. The highest BCUT2D eigenvalue weighted by atomic mass is 35.5. The summed E-state index contributed by atoms with van der Waals surface area (Å²) in [6.07, 6.45) is 1.38. The number of carboxylic acids is 1. The number of carbonyl (C=O) groups is 1. The highest BCUT2D eigenvalue weighted by Gasteiger charge is 2.08. The molecule has 2 rings (SSSR count). The monoisotopic (exact) mass is 320 g/mol. The molecule has 0 unspecified atom stereocenters. The molecule has 2 aromatic rings. The van der Waals surface area contributed by atoms with Gasteiger partial charge in [-0.1, -0.05) is 11.6 Å². The van der Waals surface area contributed by atoms with Gasteiger partial charge in [-0.3, -0.25) is 5.43 Å². The Kier molecular flexibility index (Phi) is 4.85. The average molecular weight is 321 g/mol. The molecule has 114 valence electrons. The Hall–Kier alpha value is -2.73. The SMILES string of the molecule is COc1cc(Cl)cc(C=NNc2ccc(C(=O)O)cc2)c1O. The number of aromatic carboxylic acids is 1. The van der Waals surface area contributed by atoms with Gasteiger partial charge in [0.2, 0.25) is 0 Å². The number of rotatable bonds is 5. The van der Waals surface area contributed by atoms with E-state index < -0.39 is 5.97 Å². The topological polar surface area (TPSA) is 91.2 Å². The predicted molar refractivity (Wildman–Crippen MR) is 84.3 cm³/mol. The Labute approximate surface area is 131 Å². The molecule has 0 radical (unpaired) electrons. The summed E-state index contributed by atoms with van der Waals surface area (Å²) >= 11 is 5.91. The summed E-state index contributed by atoms with van der Waals surface area (Å²) in [7, 11) is 1.43. The van der Waals surface area contributed by atoms with Crippen LogP contribution in [0.15, 0.2) is 41.5 Å². The lowest BCUT2D eigenvalue weighted by molar-refractivity contribution is 0.0697. The molecule has 0 bridgehead atoms. The van der Waals surface area contributed by atoms with Gasteiger partial charge in [-0.15, -0.1) is 0 Å². The van der Waals surface area contributed by atoms with Gasteiger partial charge in [-0.25, -0.2) is 4.79 Å². The fourth-order valence-corrected chi connectivity index (χ4v) is 1.93. The van der Waals surface area contributed by atoms with E-state index in [1.807, 2.05) is 0 Å². The van der Waals surface area contributed by atoms with Gasteiger partial charge < -0.3 is 14.9 Å². The number of ether oxygens (including phenoxy) is 1. The van der Waals surface area contributed by atoms with Crippen LogP contribution in [0, 0.1) is 0 Å². The van der Waals surface area contributed by atoms with Crippen molar-refractivity contribution in [3.8, 4) is 11.5 Å². The van der Waals surface area contributed by atoms with Crippen molar-refractivity contribution in [1.82, 2.24) is 0 Å². The second-order valence-electron chi connectivity index (χ2n) is 4.30. The van der Waals surface area contributed by atoms with E-state index in [2.05, 4.69) is 10.5 Å². The highest BCUT2D eigenvalue weighted by molar-refractivity contribution is 6.31. The van der Waals surface area contributed by atoms with Gasteiger partial charge in [0.05, 0.1) is 24.6 Å². The molecule has 0 amide bonds. The number of nitrogens with zero attached hydrogens (tertiary/aromatic N) is 1. The molecule has 0 heterocycles. The summed E-state index contributed by atoms with van der Waals surface area (Å²) < 4.78 is 4.99. The van der Waals surface area contributed by atoms with Gasteiger partial charge in [0.25, 0.3) is 0 Å². The molecule has 7 heteroatoms. The average Bonchev–Trinajstić information content (AvgIpc) is 2.50. The van der Waals surface area contributed by atoms with Gasteiger partial charge in [0, 0.05) is 16.7 Å². The first-order valence-corrected chi connectivity index (χ1v) is 6.58. The zero-order valence-corrected chi connectivity index (χ0v) is 12.3. The molecule has 6 nitrogen and oxygen atoms in total. The van der Waals surface area contributed by atoms with Crippen LogP contribution < -0.4 is 10.2 Å². The van der Waals surface area contributed by atoms with E-state index in [0.29, 0.717) is 16.3 Å². The third-order valence-electron chi connectivity index (χ3n) is 2.82. The number of halogens is 1. The molecule has 0 atom stereocenters. The van der Waals surface area contributed by atoms with Gasteiger partial charge in [0.1, 0.15) is 0 Å². The van der Waals surface area contributed by atoms with Gasteiger partial charge >= 0.3 is 5.97 Å². The molecule has 0 aliphatic carbocycles. The lowest BCUT2D eigenvalue weighted by Crippen LogP contribution is -1.96. The lowest BCUT2D eigenvalue weighted by Gasteiger charge is -2.06. The molecule has 0 aromatic heterocycles. The molecule has 0 saturated heterocycles. The fourth-order valence-electron chi connectivity index (χ4n) is 1.71. The van der Waals surface area contributed by atoms with Crippen molar-refractivity contribution in [2.75, 3.05) is 12.5 Å². The van der Waals surface area contributed by atoms with Crippen LogP contribution in [-0.2, 0) is 0 Å². The van der Waals surface area contributed by atoms with Crippen molar-refractivity contribution >= 4 is 29.5 Å². The first-order chi connectivity index (χ1) is 10.5. The molecule has 0 fully saturated rings. The zero-order chi connectivity index (χ0) is 16.1. The summed E-state index contributed by atoms with van der Waals surface area (Å²) in [5.41, 5.74) is 3.91. The Balaban J connectivity index is 2.12. The minimum absolute atomic E-state index is 0.0707. The van der Waals surface area contributed by atoms with Crippen LogP contribution in [0.25, 0.3) is 0 Å². The molecule has 2 aromatic carbocycles. The van der Waals surface area contributed by atoms with Crippen LogP contribution in [0.4, 0.5) is 5.69 Å². The van der Waals surface area contributed by atoms with Crippen molar-refractivity contribution in [3.63, 3.8) is 0 Å². The number of carboxylic acid groups (broad SMARTS) is 1. The van der Waals surface area contributed by atoms with E-state index in [1.54, 1.807) is 12.1 Å². The van der Waals surface area contributed by atoms with E-state index >= 15 is 0 Å².